The number of aryl methyl sites for hydroxylation is 1. The topological polar surface area (TPSA) is 46.9 Å². The van der Waals surface area contributed by atoms with Gasteiger partial charge in [0.1, 0.15) is 11.5 Å². The van der Waals surface area contributed by atoms with E-state index in [0.717, 1.165) is 0 Å². The van der Waals surface area contributed by atoms with E-state index in [1.807, 2.05) is 22.6 Å². The fourth-order valence-corrected chi connectivity index (χ4v) is 2.36. The Morgan fingerprint density at radius 3 is 2.57 bits per heavy atom. The van der Waals surface area contributed by atoms with Crippen molar-refractivity contribution >= 4 is 34.2 Å². The molecule has 21 heavy (non-hydrogen) atoms. The number of hydrogen-bond donors (Lipinski definition) is 1. The van der Waals surface area contributed by atoms with Gasteiger partial charge in [-0.3, -0.25) is 9.48 Å². The summed E-state index contributed by atoms with van der Waals surface area (Å²) >= 11 is 1.85. The SMILES string of the molecule is Cn1ncc(I)c1C(=O)Nc1cc(C(F)(F)F)ccc1F. The maximum Gasteiger partial charge on any atom is 0.416 e. The molecule has 0 radical (unpaired) electrons. The molecule has 1 aromatic carbocycles. The number of carbonyl (C=O) groups excluding carboxylic acids is 1. The highest BCUT2D eigenvalue weighted by atomic mass is 127. The van der Waals surface area contributed by atoms with Crippen molar-refractivity contribution < 1.29 is 22.4 Å². The van der Waals surface area contributed by atoms with Gasteiger partial charge in [-0.1, -0.05) is 0 Å². The summed E-state index contributed by atoms with van der Waals surface area (Å²) in [7, 11) is 1.50. The van der Waals surface area contributed by atoms with Crippen molar-refractivity contribution in [1.82, 2.24) is 9.78 Å². The molecule has 112 valence electrons. The van der Waals surface area contributed by atoms with E-state index in [-0.39, 0.29) is 5.69 Å². The van der Waals surface area contributed by atoms with Crippen molar-refractivity contribution in [2.24, 2.45) is 7.05 Å². The Hall–Kier alpha value is -1.65. The molecule has 2 rings (SSSR count). The van der Waals surface area contributed by atoms with Crippen LogP contribution in [0.2, 0.25) is 0 Å². The van der Waals surface area contributed by atoms with Gasteiger partial charge in [-0.2, -0.15) is 18.3 Å². The molecule has 0 aliphatic rings. The van der Waals surface area contributed by atoms with Gasteiger partial charge >= 0.3 is 6.18 Å². The molecule has 0 unspecified atom stereocenters. The van der Waals surface area contributed by atoms with E-state index >= 15 is 0 Å². The number of amides is 1. The van der Waals surface area contributed by atoms with Crippen LogP contribution >= 0.6 is 22.6 Å². The van der Waals surface area contributed by atoms with Crippen molar-refractivity contribution in [2.75, 3.05) is 5.32 Å². The van der Waals surface area contributed by atoms with Crippen molar-refractivity contribution in [3.8, 4) is 0 Å². The van der Waals surface area contributed by atoms with Crippen LogP contribution in [0.15, 0.2) is 24.4 Å². The van der Waals surface area contributed by atoms with Crippen molar-refractivity contribution in [3.05, 3.63) is 45.0 Å². The molecule has 2 aromatic rings. The monoisotopic (exact) mass is 413 g/mol. The number of anilines is 1. The van der Waals surface area contributed by atoms with E-state index in [2.05, 4.69) is 10.4 Å². The standard InChI is InChI=1S/C12H8F4IN3O/c1-20-10(8(17)5-18-20)11(21)19-9-4-6(12(14,15)16)2-3-7(9)13/h2-5H,1H3,(H,19,21). The molecule has 1 aromatic heterocycles. The van der Waals surface area contributed by atoms with Crippen LogP contribution in [-0.4, -0.2) is 15.7 Å². The second kappa shape index (κ2) is 5.62. The first kappa shape index (κ1) is 15.7. The van der Waals surface area contributed by atoms with Crippen LogP contribution in [-0.2, 0) is 13.2 Å². The number of carbonyl (C=O) groups is 1. The Labute approximate surface area is 130 Å². The van der Waals surface area contributed by atoms with E-state index in [0.29, 0.717) is 21.8 Å². The van der Waals surface area contributed by atoms with Gasteiger partial charge in [0.05, 0.1) is 21.0 Å². The molecule has 0 spiro atoms. The fraction of sp³-hybridized carbons (Fsp3) is 0.167. The lowest BCUT2D eigenvalue weighted by atomic mass is 10.2. The lowest BCUT2D eigenvalue weighted by Gasteiger charge is -2.11. The zero-order chi connectivity index (χ0) is 15.8. The number of benzene rings is 1. The van der Waals surface area contributed by atoms with Gasteiger partial charge in [0.15, 0.2) is 0 Å². The molecule has 4 nitrogen and oxygen atoms in total. The number of aromatic nitrogens is 2. The molecule has 0 atom stereocenters. The first-order valence-electron chi connectivity index (χ1n) is 5.55. The average Bonchev–Trinajstić information content (AvgIpc) is 2.70. The molecule has 0 fully saturated rings. The number of halogens is 5. The minimum Gasteiger partial charge on any atom is -0.318 e. The van der Waals surface area contributed by atoms with Crippen LogP contribution in [0.4, 0.5) is 23.2 Å². The summed E-state index contributed by atoms with van der Waals surface area (Å²) in [6, 6.07) is 1.82. The van der Waals surface area contributed by atoms with Gasteiger partial charge in [-0.05, 0) is 40.8 Å². The van der Waals surface area contributed by atoms with Crippen LogP contribution in [0.25, 0.3) is 0 Å². The minimum atomic E-state index is -4.62. The third kappa shape index (κ3) is 3.34. The summed E-state index contributed by atoms with van der Waals surface area (Å²) in [6.45, 7) is 0. The highest BCUT2D eigenvalue weighted by Crippen LogP contribution is 2.32. The number of alkyl halides is 3. The maximum absolute atomic E-state index is 13.6. The largest absolute Gasteiger partial charge is 0.416 e. The highest BCUT2D eigenvalue weighted by Gasteiger charge is 2.31. The quantitative estimate of drug-likeness (QED) is 0.606. The summed E-state index contributed by atoms with van der Waals surface area (Å²) in [4.78, 5) is 12.0. The zero-order valence-corrected chi connectivity index (χ0v) is 12.7. The Bertz CT molecular complexity index is 677. The van der Waals surface area contributed by atoms with E-state index in [1.54, 1.807) is 0 Å². The van der Waals surface area contributed by atoms with Gasteiger partial charge < -0.3 is 5.32 Å². The second-order valence-corrected chi connectivity index (χ2v) is 5.27. The van der Waals surface area contributed by atoms with E-state index < -0.39 is 29.2 Å². The van der Waals surface area contributed by atoms with Crippen molar-refractivity contribution in [1.29, 1.82) is 0 Å². The Balaban J connectivity index is 2.34. The van der Waals surface area contributed by atoms with Crippen molar-refractivity contribution in [2.45, 2.75) is 6.18 Å². The van der Waals surface area contributed by atoms with Crippen LogP contribution < -0.4 is 5.32 Å². The second-order valence-electron chi connectivity index (χ2n) is 4.11. The van der Waals surface area contributed by atoms with Gasteiger partial charge in [0.2, 0.25) is 0 Å². The van der Waals surface area contributed by atoms with Gasteiger partial charge in [-0.25, -0.2) is 4.39 Å². The molecular formula is C12H8F4IN3O. The average molecular weight is 413 g/mol. The molecule has 9 heteroatoms. The lowest BCUT2D eigenvalue weighted by molar-refractivity contribution is -0.137. The summed E-state index contributed by atoms with van der Waals surface area (Å²) in [5.41, 5.74) is -1.45. The van der Waals surface area contributed by atoms with Crippen LogP contribution in [0, 0.1) is 9.39 Å². The molecule has 1 heterocycles. The molecule has 0 saturated heterocycles. The molecule has 0 aliphatic heterocycles. The van der Waals surface area contributed by atoms with E-state index in [9.17, 15) is 22.4 Å². The van der Waals surface area contributed by atoms with E-state index in [1.165, 1.54) is 17.9 Å². The maximum atomic E-state index is 13.6. The summed E-state index contributed by atoms with van der Waals surface area (Å²) in [6.07, 6.45) is -3.20. The van der Waals surface area contributed by atoms with Crippen LogP contribution in [0.1, 0.15) is 16.1 Å². The van der Waals surface area contributed by atoms with Gasteiger partial charge in [-0.15, -0.1) is 0 Å². The van der Waals surface area contributed by atoms with Crippen LogP contribution in [0.3, 0.4) is 0 Å². The normalized spacial score (nSPS) is 11.5. The first-order chi connectivity index (χ1) is 9.70. The molecule has 0 bridgehead atoms. The molecule has 0 aliphatic carbocycles. The summed E-state index contributed by atoms with van der Waals surface area (Å²) < 4.78 is 53.1. The Morgan fingerprint density at radius 2 is 2.05 bits per heavy atom. The summed E-state index contributed by atoms with van der Waals surface area (Å²) in [5, 5.41) is 5.96. The highest BCUT2D eigenvalue weighted by molar-refractivity contribution is 14.1. The number of nitrogens with zero attached hydrogens (tertiary/aromatic N) is 2. The van der Waals surface area contributed by atoms with Crippen LogP contribution in [0.5, 0.6) is 0 Å². The number of rotatable bonds is 2. The number of nitrogens with one attached hydrogen (secondary N) is 1. The number of hydrogen-bond acceptors (Lipinski definition) is 2. The smallest absolute Gasteiger partial charge is 0.318 e. The third-order valence-electron chi connectivity index (χ3n) is 2.65. The Morgan fingerprint density at radius 1 is 1.38 bits per heavy atom. The Kier molecular flexibility index (Phi) is 4.21. The molecule has 1 N–H and O–H groups in total. The van der Waals surface area contributed by atoms with Crippen molar-refractivity contribution in [3.63, 3.8) is 0 Å². The molecular weight excluding hydrogens is 405 g/mol. The predicted octanol–water partition coefficient (Wildman–Crippen LogP) is 3.43. The van der Waals surface area contributed by atoms with E-state index in [4.69, 9.17) is 0 Å². The first-order valence-corrected chi connectivity index (χ1v) is 6.63. The van der Waals surface area contributed by atoms with Gasteiger partial charge in [0.25, 0.3) is 5.91 Å². The molecule has 0 saturated carbocycles. The fourth-order valence-electron chi connectivity index (χ4n) is 1.65. The summed E-state index contributed by atoms with van der Waals surface area (Å²) in [5.74, 6) is -1.69. The van der Waals surface area contributed by atoms with Gasteiger partial charge in [0, 0.05) is 7.05 Å². The zero-order valence-electron chi connectivity index (χ0n) is 10.5. The third-order valence-corrected chi connectivity index (χ3v) is 3.44. The predicted molar refractivity (Wildman–Crippen MR) is 75.3 cm³/mol. The molecule has 1 amide bonds. The minimum absolute atomic E-state index is 0.132. The lowest BCUT2D eigenvalue weighted by Crippen LogP contribution is -2.18.